The van der Waals surface area contributed by atoms with E-state index in [0.29, 0.717) is 29.1 Å². The standard InChI is InChI=1S/C31H27Cl2F3N2O3S/c1-20(38(30-19-26(35)10-14-29(30)36)42(40,41)27-11-7-24(33)8-12-27)28-13-9-25(34)18-22(28)4-15-31(39)37-17-16-21-2-5-23(32)6-3-21/h2-3,5-14,18-20H,4,15-17H2,1H3,(H,37,39)/t20-/m1/s1. The molecule has 1 N–H and O–H groups in total. The molecule has 1 atom stereocenters. The average molecular weight is 636 g/mol. The van der Waals surface area contributed by atoms with Gasteiger partial charge in [0, 0.05) is 29.1 Å². The molecule has 0 fully saturated rings. The number of nitrogens with zero attached hydrogens (tertiary/aromatic N) is 1. The normalized spacial score (nSPS) is 12.1. The van der Waals surface area contributed by atoms with Gasteiger partial charge in [-0.2, -0.15) is 0 Å². The summed E-state index contributed by atoms with van der Waals surface area (Å²) in [6.07, 6.45) is 0.647. The lowest BCUT2D eigenvalue weighted by Gasteiger charge is -2.32. The van der Waals surface area contributed by atoms with E-state index in [9.17, 15) is 22.0 Å². The number of nitrogens with one attached hydrogen (secondary N) is 1. The van der Waals surface area contributed by atoms with Gasteiger partial charge in [-0.15, -0.1) is 0 Å². The molecule has 0 saturated carbocycles. The molecule has 5 nitrogen and oxygen atoms in total. The summed E-state index contributed by atoms with van der Waals surface area (Å²) in [5.74, 6) is -2.68. The van der Waals surface area contributed by atoms with E-state index in [1.807, 2.05) is 12.1 Å². The van der Waals surface area contributed by atoms with Crippen LogP contribution in [0.4, 0.5) is 18.9 Å². The Hall–Kier alpha value is -3.53. The van der Waals surface area contributed by atoms with E-state index >= 15 is 4.39 Å². The van der Waals surface area contributed by atoms with E-state index in [1.54, 1.807) is 12.1 Å². The quantitative estimate of drug-likeness (QED) is 0.184. The van der Waals surface area contributed by atoms with Gasteiger partial charge in [-0.1, -0.05) is 41.4 Å². The van der Waals surface area contributed by atoms with Gasteiger partial charge in [0.1, 0.15) is 17.5 Å². The second-order valence-electron chi connectivity index (χ2n) is 9.60. The van der Waals surface area contributed by atoms with E-state index in [0.717, 1.165) is 34.1 Å². The first-order valence-corrected chi connectivity index (χ1v) is 15.2. The minimum Gasteiger partial charge on any atom is -0.356 e. The van der Waals surface area contributed by atoms with Crippen LogP contribution < -0.4 is 9.62 Å². The van der Waals surface area contributed by atoms with Gasteiger partial charge in [0.2, 0.25) is 5.91 Å². The predicted molar refractivity (Wildman–Crippen MR) is 159 cm³/mol. The fraction of sp³-hybridized carbons (Fsp3) is 0.194. The van der Waals surface area contributed by atoms with Crippen molar-refractivity contribution < 1.29 is 26.4 Å². The summed E-state index contributed by atoms with van der Waals surface area (Å²) in [6.45, 7) is 1.86. The number of sulfonamides is 1. The van der Waals surface area contributed by atoms with Gasteiger partial charge in [-0.25, -0.2) is 21.6 Å². The third-order valence-electron chi connectivity index (χ3n) is 6.69. The summed E-state index contributed by atoms with van der Waals surface area (Å²) in [5.41, 5.74) is 1.15. The summed E-state index contributed by atoms with van der Waals surface area (Å²) >= 11 is 11.8. The fourth-order valence-corrected chi connectivity index (χ4v) is 6.47. The van der Waals surface area contributed by atoms with Crippen molar-refractivity contribution in [3.05, 3.63) is 129 Å². The SMILES string of the molecule is C[C@H](c1ccc(F)cc1CCC(=O)NCCc1ccc(Cl)cc1)N(c1cc(F)ccc1F)S(=O)(=O)c1ccc(Cl)cc1. The number of carbonyl (C=O) groups is 1. The number of hydrogen-bond donors (Lipinski definition) is 1. The molecule has 4 aromatic rings. The molecule has 0 saturated heterocycles. The van der Waals surface area contributed by atoms with Crippen molar-refractivity contribution in [2.45, 2.75) is 37.1 Å². The molecule has 11 heteroatoms. The van der Waals surface area contributed by atoms with Crippen LogP contribution in [0.5, 0.6) is 0 Å². The number of aryl methyl sites for hydroxylation is 1. The molecule has 0 aliphatic carbocycles. The Morgan fingerprint density at radius 3 is 2.10 bits per heavy atom. The van der Waals surface area contributed by atoms with Crippen LogP contribution in [0.2, 0.25) is 10.0 Å². The Bertz CT molecular complexity index is 1670. The van der Waals surface area contributed by atoms with Crippen molar-refractivity contribution in [1.29, 1.82) is 0 Å². The van der Waals surface area contributed by atoms with E-state index in [-0.39, 0.29) is 28.7 Å². The van der Waals surface area contributed by atoms with Crippen LogP contribution in [-0.4, -0.2) is 20.9 Å². The second-order valence-corrected chi connectivity index (χ2v) is 12.3. The van der Waals surface area contributed by atoms with Crippen molar-refractivity contribution in [3.63, 3.8) is 0 Å². The highest BCUT2D eigenvalue weighted by molar-refractivity contribution is 7.92. The zero-order valence-electron chi connectivity index (χ0n) is 22.5. The minimum absolute atomic E-state index is 0.0119. The van der Waals surface area contributed by atoms with Crippen LogP contribution in [0.15, 0.2) is 89.8 Å². The third-order valence-corrected chi connectivity index (χ3v) is 9.10. The largest absolute Gasteiger partial charge is 0.356 e. The topological polar surface area (TPSA) is 66.5 Å². The number of amides is 1. The summed E-state index contributed by atoms with van der Waals surface area (Å²) in [6, 6.07) is 17.6. The number of hydrogen-bond acceptors (Lipinski definition) is 3. The first-order valence-electron chi connectivity index (χ1n) is 13.0. The maximum absolute atomic E-state index is 15.1. The van der Waals surface area contributed by atoms with Crippen LogP contribution in [0.25, 0.3) is 0 Å². The van der Waals surface area contributed by atoms with Crippen LogP contribution in [0.3, 0.4) is 0 Å². The van der Waals surface area contributed by atoms with Crippen molar-refractivity contribution in [3.8, 4) is 0 Å². The van der Waals surface area contributed by atoms with E-state index < -0.39 is 39.2 Å². The maximum Gasteiger partial charge on any atom is 0.264 e. The highest BCUT2D eigenvalue weighted by Gasteiger charge is 2.33. The Balaban J connectivity index is 1.61. The third kappa shape index (κ3) is 7.65. The van der Waals surface area contributed by atoms with Gasteiger partial charge in [-0.3, -0.25) is 9.10 Å². The number of rotatable bonds is 11. The van der Waals surface area contributed by atoms with Crippen LogP contribution >= 0.6 is 23.2 Å². The molecular formula is C31H27Cl2F3N2O3S. The van der Waals surface area contributed by atoms with E-state index in [4.69, 9.17) is 23.2 Å². The van der Waals surface area contributed by atoms with Crippen LogP contribution in [0.1, 0.15) is 36.1 Å². The Morgan fingerprint density at radius 1 is 0.833 bits per heavy atom. The van der Waals surface area contributed by atoms with Crippen molar-refractivity contribution >= 4 is 44.8 Å². The van der Waals surface area contributed by atoms with Crippen molar-refractivity contribution in [2.75, 3.05) is 10.8 Å². The molecule has 0 aromatic heterocycles. The van der Waals surface area contributed by atoms with Crippen LogP contribution in [0, 0.1) is 17.5 Å². The first kappa shape index (κ1) is 31.4. The molecule has 0 aliphatic heterocycles. The summed E-state index contributed by atoms with van der Waals surface area (Å²) in [4.78, 5) is 12.4. The second kappa shape index (κ2) is 13.6. The Morgan fingerprint density at radius 2 is 1.43 bits per heavy atom. The molecule has 220 valence electrons. The zero-order chi connectivity index (χ0) is 30.4. The van der Waals surface area contributed by atoms with Gasteiger partial charge >= 0.3 is 0 Å². The van der Waals surface area contributed by atoms with Crippen molar-refractivity contribution in [1.82, 2.24) is 5.32 Å². The van der Waals surface area contributed by atoms with E-state index in [2.05, 4.69) is 5.32 Å². The van der Waals surface area contributed by atoms with Gasteiger partial charge < -0.3 is 5.32 Å². The highest BCUT2D eigenvalue weighted by atomic mass is 35.5. The number of benzene rings is 4. The highest BCUT2D eigenvalue weighted by Crippen LogP contribution is 2.37. The van der Waals surface area contributed by atoms with Gasteiger partial charge in [0.15, 0.2) is 0 Å². The molecule has 4 aromatic carbocycles. The monoisotopic (exact) mass is 634 g/mol. The number of carbonyl (C=O) groups excluding carboxylic acids is 1. The molecule has 0 heterocycles. The molecule has 42 heavy (non-hydrogen) atoms. The van der Waals surface area contributed by atoms with Gasteiger partial charge in [0.05, 0.1) is 16.6 Å². The summed E-state index contributed by atoms with van der Waals surface area (Å²) in [5, 5.41) is 3.72. The first-order chi connectivity index (χ1) is 20.0. The van der Waals surface area contributed by atoms with Gasteiger partial charge in [-0.05, 0) is 97.1 Å². The van der Waals surface area contributed by atoms with Gasteiger partial charge in [0.25, 0.3) is 10.0 Å². The lowest BCUT2D eigenvalue weighted by molar-refractivity contribution is -0.121. The molecule has 1 amide bonds. The fourth-order valence-electron chi connectivity index (χ4n) is 4.58. The number of anilines is 1. The lowest BCUT2D eigenvalue weighted by atomic mass is 9.97. The molecule has 0 radical (unpaired) electrons. The molecule has 0 bridgehead atoms. The lowest BCUT2D eigenvalue weighted by Crippen LogP contribution is -2.35. The molecule has 4 rings (SSSR count). The summed E-state index contributed by atoms with van der Waals surface area (Å²) < 4.78 is 72.2. The molecule has 0 aliphatic rings. The Kier molecular flexibility index (Phi) is 10.2. The molecule has 0 unspecified atom stereocenters. The zero-order valence-corrected chi connectivity index (χ0v) is 24.8. The Labute approximate surface area is 252 Å². The van der Waals surface area contributed by atoms with E-state index in [1.165, 1.54) is 43.3 Å². The predicted octanol–water partition coefficient (Wildman–Crippen LogP) is 7.66. The average Bonchev–Trinajstić information content (AvgIpc) is 2.95. The van der Waals surface area contributed by atoms with Crippen molar-refractivity contribution in [2.24, 2.45) is 0 Å². The smallest absolute Gasteiger partial charge is 0.264 e. The maximum atomic E-state index is 15.1. The molecule has 0 spiro atoms. The number of halogens is 5. The molecular weight excluding hydrogens is 608 g/mol. The summed E-state index contributed by atoms with van der Waals surface area (Å²) in [7, 11) is -4.47. The van der Waals surface area contributed by atoms with Crippen LogP contribution in [-0.2, 0) is 27.7 Å². The minimum atomic E-state index is -4.47.